The van der Waals surface area contributed by atoms with Crippen molar-refractivity contribution in [1.82, 2.24) is 14.7 Å². The summed E-state index contributed by atoms with van der Waals surface area (Å²) in [4.78, 5) is 2.24. The standard InChI is InChI=1S/C20H29N3O3.ClH/c1-15-6-16(2)8-19(7-15)26-14-18(24)11-22-4-5-25-20(12-22)13-23-10-17(3)9-21-23;/h6-10,18,20,24H,4-5,11-14H2,1-3H3;1H. The maximum Gasteiger partial charge on any atom is 0.119 e. The Balaban J connectivity index is 0.00000261. The number of halogens is 1. The summed E-state index contributed by atoms with van der Waals surface area (Å²) in [5, 5.41) is 14.7. The molecule has 0 amide bonds. The minimum atomic E-state index is -0.526. The van der Waals surface area contributed by atoms with Crippen LogP contribution in [0, 0.1) is 20.8 Å². The Kier molecular flexibility index (Phi) is 8.10. The van der Waals surface area contributed by atoms with Gasteiger partial charge >= 0.3 is 0 Å². The molecule has 1 N–H and O–H groups in total. The van der Waals surface area contributed by atoms with Gasteiger partial charge in [0.15, 0.2) is 0 Å². The lowest BCUT2D eigenvalue weighted by molar-refractivity contribution is -0.0517. The lowest BCUT2D eigenvalue weighted by Crippen LogP contribution is -2.47. The minimum Gasteiger partial charge on any atom is -0.491 e. The molecule has 0 radical (unpaired) electrons. The van der Waals surface area contributed by atoms with Crippen LogP contribution in [0.2, 0.25) is 0 Å². The van der Waals surface area contributed by atoms with Crippen molar-refractivity contribution in [2.24, 2.45) is 0 Å². The van der Waals surface area contributed by atoms with Gasteiger partial charge in [0.1, 0.15) is 18.5 Å². The van der Waals surface area contributed by atoms with E-state index in [1.807, 2.05) is 50.0 Å². The van der Waals surface area contributed by atoms with Crippen LogP contribution in [0.3, 0.4) is 0 Å². The molecule has 1 fully saturated rings. The highest BCUT2D eigenvalue weighted by Crippen LogP contribution is 2.16. The average Bonchev–Trinajstić information content (AvgIpc) is 2.97. The average molecular weight is 396 g/mol. The molecule has 27 heavy (non-hydrogen) atoms. The Labute approximate surface area is 167 Å². The summed E-state index contributed by atoms with van der Waals surface area (Å²) in [5.41, 5.74) is 3.48. The van der Waals surface area contributed by atoms with Crippen molar-refractivity contribution in [3.8, 4) is 5.75 Å². The molecule has 3 rings (SSSR count). The van der Waals surface area contributed by atoms with Crippen molar-refractivity contribution in [2.45, 2.75) is 39.5 Å². The predicted molar refractivity (Wildman–Crippen MR) is 108 cm³/mol. The minimum absolute atomic E-state index is 0. The first kappa shape index (κ1) is 21.7. The number of benzene rings is 1. The van der Waals surface area contributed by atoms with E-state index in [1.165, 1.54) is 11.1 Å². The number of aliphatic hydroxyl groups is 1. The highest BCUT2D eigenvalue weighted by molar-refractivity contribution is 5.85. The molecular formula is C20H30ClN3O3. The van der Waals surface area contributed by atoms with Gasteiger partial charge < -0.3 is 14.6 Å². The number of aliphatic hydroxyl groups excluding tert-OH is 1. The van der Waals surface area contributed by atoms with E-state index in [-0.39, 0.29) is 18.5 Å². The molecule has 2 atom stereocenters. The third-order valence-electron chi connectivity index (χ3n) is 4.48. The molecule has 2 heterocycles. The lowest BCUT2D eigenvalue weighted by atomic mass is 10.1. The van der Waals surface area contributed by atoms with Gasteiger partial charge in [-0.25, -0.2) is 0 Å². The van der Waals surface area contributed by atoms with Crippen molar-refractivity contribution < 1.29 is 14.6 Å². The lowest BCUT2D eigenvalue weighted by Gasteiger charge is -2.34. The molecule has 2 unspecified atom stereocenters. The Morgan fingerprint density at radius 3 is 2.63 bits per heavy atom. The number of aryl methyl sites for hydroxylation is 3. The monoisotopic (exact) mass is 395 g/mol. The number of morpholine rings is 1. The third-order valence-corrected chi connectivity index (χ3v) is 4.48. The number of nitrogens with zero attached hydrogens (tertiary/aromatic N) is 3. The molecule has 7 heteroatoms. The van der Waals surface area contributed by atoms with E-state index in [0.717, 1.165) is 30.9 Å². The van der Waals surface area contributed by atoms with Gasteiger partial charge in [-0.3, -0.25) is 9.58 Å². The summed E-state index contributed by atoms with van der Waals surface area (Å²) in [7, 11) is 0. The van der Waals surface area contributed by atoms with Gasteiger partial charge in [-0.2, -0.15) is 5.10 Å². The van der Waals surface area contributed by atoms with Gasteiger partial charge in [-0.05, 0) is 49.6 Å². The molecular weight excluding hydrogens is 366 g/mol. The van der Waals surface area contributed by atoms with Crippen LogP contribution in [-0.4, -0.2) is 64.8 Å². The first-order valence-corrected chi connectivity index (χ1v) is 9.20. The summed E-state index contributed by atoms with van der Waals surface area (Å²) < 4.78 is 13.5. The maximum atomic E-state index is 10.4. The van der Waals surface area contributed by atoms with Crippen LogP contribution in [0.4, 0.5) is 0 Å². The van der Waals surface area contributed by atoms with Gasteiger partial charge in [-0.15, -0.1) is 12.4 Å². The largest absolute Gasteiger partial charge is 0.491 e. The van der Waals surface area contributed by atoms with Gasteiger partial charge in [0, 0.05) is 25.8 Å². The van der Waals surface area contributed by atoms with Crippen molar-refractivity contribution in [3.63, 3.8) is 0 Å². The summed E-state index contributed by atoms with van der Waals surface area (Å²) in [6, 6.07) is 6.10. The van der Waals surface area contributed by atoms with E-state index in [9.17, 15) is 5.11 Å². The third kappa shape index (κ3) is 6.81. The molecule has 2 aromatic rings. The molecule has 0 bridgehead atoms. The quantitative estimate of drug-likeness (QED) is 0.779. The van der Waals surface area contributed by atoms with Crippen LogP contribution in [0.1, 0.15) is 16.7 Å². The number of hydrogen-bond acceptors (Lipinski definition) is 5. The van der Waals surface area contributed by atoms with E-state index >= 15 is 0 Å². The molecule has 1 aromatic carbocycles. The van der Waals surface area contributed by atoms with Crippen LogP contribution in [0.25, 0.3) is 0 Å². The van der Waals surface area contributed by atoms with E-state index in [4.69, 9.17) is 9.47 Å². The van der Waals surface area contributed by atoms with Crippen LogP contribution in [0.15, 0.2) is 30.6 Å². The Morgan fingerprint density at radius 2 is 1.96 bits per heavy atom. The van der Waals surface area contributed by atoms with Gasteiger partial charge in [0.05, 0.1) is 25.5 Å². The second-order valence-electron chi connectivity index (χ2n) is 7.28. The number of ether oxygens (including phenoxy) is 2. The van der Waals surface area contributed by atoms with Crippen LogP contribution < -0.4 is 4.74 Å². The van der Waals surface area contributed by atoms with Gasteiger partial charge in [0.2, 0.25) is 0 Å². The molecule has 1 aliphatic rings. The summed E-state index contributed by atoms with van der Waals surface area (Å²) >= 11 is 0. The fourth-order valence-electron chi connectivity index (χ4n) is 3.39. The highest BCUT2D eigenvalue weighted by Gasteiger charge is 2.23. The molecule has 6 nitrogen and oxygen atoms in total. The van der Waals surface area contributed by atoms with E-state index in [0.29, 0.717) is 19.8 Å². The predicted octanol–water partition coefficient (Wildman–Crippen LogP) is 2.37. The fraction of sp³-hybridized carbons (Fsp3) is 0.550. The highest BCUT2D eigenvalue weighted by atomic mass is 35.5. The van der Waals surface area contributed by atoms with Crippen LogP contribution >= 0.6 is 12.4 Å². The van der Waals surface area contributed by atoms with Gasteiger partial charge in [-0.1, -0.05) is 6.07 Å². The topological polar surface area (TPSA) is 59.8 Å². The zero-order valence-electron chi connectivity index (χ0n) is 16.3. The Morgan fingerprint density at radius 1 is 1.22 bits per heavy atom. The molecule has 1 aromatic heterocycles. The van der Waals surface area contributed by atoms with Crippen LogP contribution in [0.5, 0.6) is 5.75 Å². The zero-order chi connectivity index (χ0) is 18.5. The number of hydrogen-bond donors (Lipinski definition) is 1. The van der Waals surface area contributed by atoms with Gasteiger partial charge in [0.25, 0.3) is 0 Å². The summed E-state index contributed by atoms with van der Waals surface area (Å²) in [6.07, 6.45) is 3.45. The number of rotatable bonds is 7. The summed E-state index contributed by atoms with van der Waals surface area (Å²) in [6.45, 7) is 10.0. The SMILES string of the molecule is Cc1cc(C)cc(OCC(O)CN2CCOC(Cn3cc(C)cn3)C2)c1.Cl. The zero-order valence-corrected chi connectivity index (χ0v) is 17.1. The van der Waals surface area contributed by atoms with E-state index in [1.54, 1.807) is 0 Å². The van der Waals surface area contributed by atoms with Crippen molar-refractivity contribution in [2.75, 3.05) is 32.8 Å². The molecule has 0 spiro atoms. The van der Waals surface area contributed by atoms with Crippen LogP contribution in [-0.2, 0) is 11.3 Å². The molecule has 150 valence electrons. The molecule has 1 aliphatic heterocycles. The number of aromatic nitrogens is 2. The summed E-state index contributed by atoms with van der Waals surface area (Å²) in [5.74, 6) is 0.815. The van der Waals surface area contributed by atoms with E-state index in [2.05, 4.69) is 16.1 Å². The Hall–Kier alpha value is -1.60. The van der Waals surface area contributed by atoms with Crippen molar-refractivity contribution >= 4 is 12.4 Å². The van der Waals surface area contributed by atoms with Crippen molar-refractivity contribution in [1.29, 1.82) is 0 Å². The van der Waals surface area contributed by atoms with Crippen molar-refractivity contribution in [3.05, 3.63) is 47.3 Å². The second-order valence-corrected chi connectivity index (χ2v) is 7.28. The second kappa shape index (κ2) is 10.1. The normalized spacial score (nSPS) is 18.7. The molecule has 1 saturated heterocycles. The first-order chi connectivity index (χ1) is 12.5. The fourth-order valence-corrected chi connectivity index (χ4v) is 3.39. The molecule has 0 aliphatic carbocycles. The molecule has 0 saturated carbocycles. The number of β-amino-alcohol motifs (C(OH)–C–C–N with tert-alkyl or cyclic N) is 1. The maximum absolute atomic E-state index is 10.4. The Bertz CT molecular complexity index is 702. The smallest absolute Gasteiger partial charge is 0.119 e. The first-order valence-electron chi connectivity index (χ1n) is 9.20. The van der Waals surface area contributed by atoms with E-state index < -0.39 is 6.10 Å².